The van der Waals surface area contributed by atoms with E-state index < -0.39 is 0 Å². The molecule has 0 aromatic heterocycles. The first kappa shape index (κ1) is 15.5. The fourth-order valence-electron chi connectivity index (χ4n) is 2.16. The van der Waals surface area contributed by atoms with Gasteiger partial charge in [-0.25, -0.2) is 0 Å². The van der Waals surface area contributed by atoms with Crippen LogP contribution < -0.4 is 5.32 Å². The molecule has 0 fully saturated rings. The lowest BCUT2D eigenvalue weighted by Gasteiger charge is -2.35. The van der Waals surface area contributed by atoms with Gasteiger partial charge >= 0.3 is 0 Å². The molecular formula is C15H24ClNO. The van der Waals surface area contributed by atoms with E-state index in [2.05, 4.69) is 38.2 Å². The summed E-state index contributed by atoms with van der Waals surface area (Å²) in [4.78, 5) is 0. The van der Waals surface area contributed by atoms with Gasteiger partial charge in [-0.1, -0.05) is 30.7 Å². The van der Waals surface area contributed by atoms with Gasteiger partial charge in [0.1, 0.15) is 0 Å². The van der Waals surface area contributed by atoms with Crippen LogP contribution in [0, 0.1) is 0 Å². The van der Waals surface area contributed by atoms with Crippen molar-refractivity contribution in [3.05, 3.63) is 34.9 Å². The van der Waals surface area contributed by atoms with Crippen molar-refractivity contribution in [2.75, 3.05) is 13.2 Å². The van der Waals surface area contributed by atoms with Gasteiger partial charge in [0.05, 0.1) is 11.6 Å². The summed E-state index contributed by atoms with van der Waals surface area (Å²) in [5.41, 5.74) is 0.976. The van der Waals surface area contributed by atoms with E-state index in [1.807, 2.05) is 19.1 Å². The van der Waals surface area contributed by atoms with Crippen LogP contribution in [-0.4, -0.2) is 18.8 Å². The number of nitrogens with one attached hydrogen (secondary N) is 1. The predicted molar refractivity (Wildman–Crippen MR) is 78.2 cm³/mol. The van der Waals surface area contributed by atoms with Crippen molar-refractivity contribution in [1.82, 2.24) is 5.32 Å². The average molecular weight is 270 g/mol. The van der Waals surface area contributed by atoms with Gasteiger partial charge in [0.25, 0.3) is 0 Å². The summed E-state index contributed by atoms with van der Waals surface area (Å²) in [6.45, 7) is 10.1. The highest BCUT2D eigenvalue weighted by Crippen LogP contribution is 2.29. The number of ether oxygens (including phenoxy) is 1. The Morgan fingerprint density at radius 2 is 1.83 bits per heavy atom. The summed E-state index contributed by atoms with van der Waals surface area (Å²) < 4.78 is 5.88. The maximum Gasteiger partial charge on any atom is 0.0820 e. The number of rotatable bonds is 7. The summed E-state index contributed by atoms with van der Waals surface area (Å²) in [6.07, 6.45) is 1.10. The van der Waals surface area contributed by atoms with Crippen LogP contribution in [0.1, 0.15) is 45.7 Å². The average Bonchev–Trinajstić information content (AvgIpc) is 2.31. The second-order valence-electron chi connectivity index (χ2n) is 4.98. The summed E-state index contributed by atoms with van der Waals surface area (Å²) in [5, 5.41) is 4.33. The number of hydrogen-bond acceptors (Lipinski definition) is 2. The maximum atomic E-state index is 5.94. The minimum Gasteiger partial charge on any atom is -0.374 e. The minimum atomic E-state index is -0.238. The molecule has 1 unspecified atom stereocenters. The summed E-state index contributed by atoms with van der Waals surface area (Å²) in [6, 6.07) is 8.17. The molecule has 3 heteroatoms. The molecule has 0 aliphatic heterocycles. The van der Waals surface area contributed by atoms with Crippen molar-refractivity contribution in [2.45, 2.75) is 45.8 Å². The summed E-state index contributed by atoms with van der Waals surface area (Å²) >= 11 is 5.94. The van der Waals surface area contributed by atoms with Crippen molar-refractivity contribution in [2.24, 2.45) is 0 Å². The molecule has 1 rings (SSSR count). The Labute approximate surface area is 116 Å². The molecule has 0 spiro atoms. The van der Waals surface area contributed by atoms with Crippen LogP contribution >= 0.6 is 11.6 Å². The summed E-state index contributed by atoms with van der Waals surface area (Å²) in [5.74, 6) is 0. The molecular weight excluding hydrogens is 246 g/mol. The Hall–Kier alpha value is -0.570. The van der Waals surface area contributed by atoms with Gasteiger partial charge in [-0.05, 0) is 51.4 Å². The van der Waals surface area contributed by atoms with Gasteiger partial charge in [-0.3, -0.25) is 0 Å². The fraction of sp³-hybridized carbons (Fsp3) is 0.600. The number of hydrogen-bond donors (Lipinski definition) is 1. The van der Waals surface area contributed by atoms with Crippen molar-refractivity contribution in [3.63, 3.8) is 0 Å². The number of halogens is 1. The zero-order valence-electron chi connectivity index (χ0n) is 11.8. The Morgan fingerprint density at radius 1 is 1.22 bits per heavy atom. The monoisotopic (exact) mass is 269 g/mol. The van der Waals surface area contributed by atoms with Gasteiger partial charge < -0.3 is 10.1 Å². The van der Waals surface area contributed by atoms with Crippen molar-refractivity contribution >= 4 is 11.6 Å². The van der Waals surface area contributed by atoms with E-state index in [0.29, 0.717) is 6.61 Å². The molecule has 1 atom stereocenters. The molecule has 0 aliphatic rings. The molecule has 0 bridgehead atoms. The van der Waals surface area contributed by atoms with Crippen LogP contribution in [0.3, 0.4) is 0 Å². The molecule has 18 heavy (non-hydrogen) atoms. The molecule has 2 nitrogen and oxygen atoms in total. The Bertz CT molecular complexity index is 348. The molecule has 0 aliphatic carbocycles. The molecule has 0 amide bonds. The van der Waals surface area contributed by atoms with Crippen LogP contribution in [0.2, 0.25) is 5.02 Å². The Balaban J connectivity index is 2.93. The molecule has 1 aromatic rings. The van der Waals surface area contributed by atoms with Crippen LogP contribution in [-0.2, 0) is 4.74 Å². The molecule has 0 saturated heterocycles. The third-order valence-corrected chi connectivity index (χ3v) is 3.27. The van der Waals surface area contributed by atoms with E-state index in [9.17, 15) is 0 Å². The standard InChI is InChI=1S/C15H24ClNO/c1-5-11-17-14(15(3,4)18-6-2)12-7-9-13(16)10-8-12/h7-10,14,17H,5-6,11H2,1-4H3. The van der Waals surface area contributed by atoms with E-state index in [0.717, 1.165) is 18.0 Å². The van der Waals surface area contributed by atoms with E-state index in [-0.39, 0.29) is 11.6 Å². The first-order chi connectivity index (χ1) is 8.51. The highest BCUT2D eigenvalue weighted by atomic mass is 35.5. The normalized spacial score (nSPS) is 13.6. The van der Waals surface area contributed by atoms with Gasteiger partial charge in [0.15, 0.2) is 0 Å². The SMILES string of the molecule is CCCNC(c1ccc(Cl)cc1)C(C)(C)OCC. The van der Waals surface area contributed by atoms with E-state index in [1.165, 1.54) is 5.56 Å². The zero-order valence-corrected chi connectivity index (χ0v) is 12.6. The van der Waals surface area contributed by atoms with Crippen molar-refractivity contribution in [1.29, 1.82) is 0 Å². The molecule has 102 valence electrons. The third-order valence-electron chi connectivity index (χ3n) is 3.01. The second kappa shape index (κ2) is 7.13. The predicted octanol–water partition coefficient (Wildman–Crippen LogP) is 4.20. The topological polar surface area (TPSA) is 21.3 Å². The lowest BCUT2D eigenvalue weighted by molar-refractivity contribution is -0.0391. The molecule has 1 N–H and O–H groups in total. The Morgan fingerprint density at radius 3 is 2.33 bits per heavy atom. The largest absolute Gasteiger partial charge is 0.374 e. The van der Waals surface area contributed by atoms with E-state index in [1.54, 1.807) is 0 Å². The second-order valence-corrected chi connectivity index (χ2v) is 5.41. The molecule has 1 aromatic carbocycles. The summed E-state index contributed by atoms with van der Waals surface area (Å²) in [7, 11) is 0. The molecule has 0 radical (unpaired) electrons. The number of benzene rings is 1. The van der Waals surface area contributed by atoms with Gasteiger partial charge in [-0.15, -0.1) is 0 Å². The van der Waals surface area contributed by atoms with Crippen LogP contribution in [0.15, 0.2) is 24.3 Å². The highest BCUT2D eigenvalue weighted by Gasteiger charge is 2.30. The van der Waals surface area contributed by atoms with Crippen LogP contribution in [0.25, 0.3) is 0 Å². The lowest BCUT2D eigenvalue weighted by Crippen LogP contribution is -2.41. The van der Waals surface area contributed by atoms with Crippen LogP contribution in [0.4, 0.5) is 0 Å². The lowest BCUT2D eigenvalue weighted by atomic mass is 9.91. The van der Waals surface area contributed by atoms with Gasteiger partial charge in [0.2, 0.25) is 0 Å². The Kier molecular flexibility index (Phi) is 6.13. The molecule has 0 heterocycles. The van der Waals surface area contributed by atoms with E-state index >= 15 is 0 Å². The van der Waals surface area contributed by atoms with Crippen LogP contribution in [0.5, 0.6) is 0 Å². The minimum absolute atomic E-state index is 0.176. The van der Waals surface area contributed by atoms with Gasteiger partial charge in [-0.2, -0.15) is 0 Å². The fourth-order valence-corrected chi connectivity index (χ4v) is 2.29. The van der Waals surface area contributed by atoms with Crippen molar-refractivity contribution < 1.29 is 4.74 Å². The quantitative estimate of drug-likeness (QED) is 0.801. The zero-order chi connectivity index (χ0) is 13.6. The van der Waals surface area contributed by atoms with E-state index in [4.69, 9.17) is 16.3 Å². The first-order valence-electron chi connectivity index (χ1n) is 6.64. The third kappa shape index (κ3) is 4.27. The molecule has 0 saturated carbocycles. The van der Waals surface area contributed by atoms with Gasteiger partial charge in [0, 0.05) is 11.6 Å². The first-order valence-corrected chi connectivity index (χ1v) is 7.01. The van der Waals surface area contributed by atoms with Crippen molar-refractivity contribution in [3.8, 4) is 0 Å². The maximum absolute atomic E-state index is 5.94. The smallest absolute Gasteiger partial charge is 0.0820 e. The highest BCUT2D eigenvalue weighted by molar-refractivity contribution is 6.30.